The van der Waals surface area contributed by atoms with E-state index in [1.807, 2.05) is 36.4 Å². The molecule has 110 valence electrons. The second-order valence-electron chi connectivity index (χ2n) is 5.33. The fourth-order valence-corrected chi connectivity index (χ4v) is 2.77. The third kappa shape index (κ3) is 2.71. The summed E-state index contributed by atoms with van der Waals surface area (Å²) in [6, 6.07) is 17.8. The lowest BCUT2D eigenvalue weighted by Gasteiger charge is -2.10. The predicted octanol–water partition coefficient (Wildman–Crippen LogP) is 2.43. The number of fused-ring (bicyclic) bond motifs is 1. The van der Waals surface area contributed by atoms with Crippen molar-refractivity contribution >= 4 is 23.5 Å². The number of hydrogen-bond acceptors (Lipinski definition) is 2. The highest BCUT2D eigenvalue weighted by molar-refractivity contribution is 6.58. The Morgan fingerprint density at radius 1 is 1.05 bits per heavy atom. The van der Waals surface area contributed by atoms with E-state index < -0.39 is 7.12 Å². The lowest BCUT2D eigenvalue weighted by molar-refractivity contribution is 0.426. The summed E-state index contributed by atoms with van der Waals surface area (Å²) in [5.41, 5.74) is 3.86. The maximum Gasteiger partial charge on any atom is 0.488 e. The first-order valence-corrected chi connectivity index (χ1v) is 7.37. The largest absolute Gasteiger partial charge is 0.488 e. The van der Waals surface area contributed by atoms with Crippen molar-refractivity contribution in [2.45, 2.75) is 12.8 Å². The van der Waals surface area contributed by atoms with E-state index in [4.69, 9.17) is 0 Å². The van der Waals surface area contributed by atoms with Gasteiger partial charge >= 0.3 is 7.12 Å². The Hall–Kier alpha value is -2.30. The molecule has 3 nitrogen and oxygen atoms in total. The Kier molecular flexibility index (Phi) is 4.14. The quantitative estimate of drug-likeness (QED) is 0.560. The van der Waals surface area contributed by atoms with Crippen LogP contribution in [0.4, 0.5) is 0 Å². The summed E-state index contributed by atoms with van der Waals surface area (Å²) in [6.45, 7) is 3.79. The van der Waals surface area contributed by atoms with E-state index in [-0.39, 0.29) is 0 Å². The van der Waals surface area contributed by atoms with Gasteiger partial charge in [-0.15, -0.1) is 6.58 Å². The van der Waals surface area contributed by atoms with Gasteiger partial charge in [-0.3, -0.25) is 0 Å². The molecule has 0 saturated heterocycles. The van der Waals surface area contributed by atoms with Gasteiger partial charge in [0.05, 0.1) is 5.52 Å². The molecular formula is C18H18BNO2. The number of rotatable bonds is 5. The van der Waals surface area contributed by atoms with E-state index in [0.717, 1.165) is 29.4 Å². The van der Waals surface area contributed by atoms with Crippen LogP contribution in [0.1, 0.15) is 12.1 Å². The molecule has 0 aliphatic carbocycles. The average molecular weight is 291 g/mol. The number of benzene rings is 2. The van der Waals surface area contributed by atoms with Crippen molar-refractivity contribution in [3.8, 4) is 5.69 Å². The molecule has 0 unspecified atom stereocenters. The molecule has 22 heavy (non-hydrogen) atoms. The van der Waals surface area contributed by atoms with Crippen molar-refractivity contribution in [1.82, 2.24) is 4.57 Å². The van der Waals surface area contributed by atoms with Crippen LogP contribution in [-0.2, 0) is 6.42 Å². The highest BCUT2D eigenvalue weighted by Crippen LogP contribution is 2.25. The van der Waals surface area contributed by atoms with Crippen LogP contribution in [0, 0.1) is 0 Å². The molecule has 0 fully saturated rings. The Bertz CT molecular complexity index is 793. The van der Waals surface area contributed by atoms with Gasteiger partial charge in [0.2, 0.25) is 0 Å². The van der Waals surface area contributed by atoms with E-state index in [9.17, 15) is 10.0 Å². The molecule has 1 aromatic heterocycles. The molecule has 0 saturated carbocycles. The van der Waals surface area contributed by atoms with Gasteiger partial charge in [0, 0.05) is 11.4 Å². The summed E-state index contributed by atoms with van der Waals surface area (Å²) in [6.07, 6.45) is 3.71. The molecular weight excluding hydrogens is 273 g/mol. The molecule has 2 N–H and O–H groups in total. The van der Waals surface area contributed by atoms with Gasteiger partial charge < -0.3 is 14.6 Å². The van der Waals surface area contributed by atoms with Crippen molar-refractivity contribution < 1.29 is 10.0 Å². The van der Waals surface area contributed by atoms with Gasteiger partial charge in [-0.2, -0.15) is 0 Å². The zero-order valence-electron chi connectivity index (χ0n) is 12.3. The fourth-order valence-electron chi connectivity index (χ4n) is 2.77. The normalized spacial score (nSPS) is 10.8. The first-order valence-electron chi connectivity index (χ1n) is 7.37. The summed E-state index contributed by atoms with van der Waals surface area (Å²) in [7, 11) is -1.44. The minimum Gasteiger partial charge on any atom is -0.423 e. The highest BCUT2D eigenvalue weighted by atomic mass is 16.4. The van der Waals surface area contributed by atoms with Crippen LogP contribution in [0.5, 0.6) is 0 Å². The second kappa shape index (κ2) is 6.22. The lowest BCUT2D eigenvalue weighted by atomic mass is 9.80. The molecule has 3 aromatic rings. The van der Waals surface area contributed by atoms with Gasteiger partial charge in [0.15, 0.2) is 0 Å². The van der Waals surface area contributed by atoms with Crippen LogP contribution in [0.25, 0.3) is 16.6 Å². The monoisotopic (exact) mass is 291 g/mol. The molecule has 0 atom stereocenters. The minimum absolute atomic E-state index is 0.507. The number of aryl methyl sites for hydroxylation is 1. The number of allylic oxidation sites excluding steroid dienone is 1. The van der Waals surface area contributed by atoms with Gasteiger partial charge in [-0.05, 0) is 48.0 Å². The molecule has 0 aliphatic rings. The van der Waals surface area contributed by atoms with Crippen LogP contribution < -0.4 is 5.46 Å². The average Bonchev–Trinajstić information content (AvgIpc) is 2.90. The van der Waals surface area contributed by atoms with Crippen molar-refractivity contribution in [2.75, 3.05) is 0 Å². The summed E-state index contributed by atoms with van der Waals surface area (Å²) in [4.78, 5) is 0. The summed E-state index contributed by atoms with van der Waals surface area (Å²) < 4.78 is 2.21. The first kappa shape index (κ1) is 14.6. The molecule has 0 spiro atoms. The minimum atomic E-state index is -1.44. The molecule has 2 aromatic carbocycles. The third-order valence-corrected chi connectivity index (χ3v) is 3.82. The van der Waals surface area contributed by atoms with E-state index in [0.29, 0.717) is 5.46 Å². The Labute approximate surface area is 130 Å². The highest BCUT2D eigenvalue weighted by Gasteiger charge is 2.15. The van der Waals surface area contributed by atoms with Gasteiger partial charge in [-0.1, -0.05) is 36.4 Å². The Balaban J connectivity index is 2.20. The van der Waals surface area contributed by atoms with Crippen molar-refractivity contribution in [3.63, 3.8) is 0 Å². The smallest absolute Gasteiger partial charge is 0.423 e. The van der Waals surface area contributed by atoms with Crippen LogP contribution in [0.2, 0.25) is 0 Å². The SMILES string of the molecule is C=CCCc1cc2cc(B(O)O)ccc2n1-c1ccccc1. The molecule has 0 aliphatic heterocycles. The van der Waals surface area contributed by atoms with Crippen molar-refractivity contribution in [1.29, 1.82) is 0 Å². The topological polar surface area (TPSA) is 45.4 Å². The molecule has 4 heteroatoms. The third-order valence-electron chi connectivity index (χ3n) is 3.82. The van der Waals surface area contributed by atoms with Gasteiger partial charge in [0.1, 0.15) is 0 Å². The maximum atomic E-state index is 9.35. The summed E-state index contributed by atoms with van der Waals surface area (Å²) in [5.74, 6) is 0. The van der Waals surface area contributed by atoms with Gasteiger partial charge in [0.25, 0.3) is 0 Å². The van der Waals surface area contributed by atoms with Gasteiger partial charge in [-0.25, -0.2) is 0 Å². The van der Waals surface area contributed by atoms with E-state index in [1.54, 1.807) is 6.07 Å². The predicted molar refractivity (Wildman–Crippen MR) is 91.6 cm³/mol. The maximum absolute atomic E-state index is 9.35. The van der Waals surface area contributed by atoms with E-state index in [1.165, 1.54) is 5.69 Å². The molecule has 0 radical (unpaired) electrons. The second-order valence-corrected chi connectivity index (χ2v) is 5.33. The Morgan fingerprint density at radius 3 is 2.50 bits per heavy atom. The molecule has 0 amide bonds. The van der Waals surface area contributed by atoms with Crippen LogP contribution >= 0.6 is 0 Å². The van der Waals surface area contributed by atoms with Crippen LogP contribution in [0.3, 0.4) is 0 Å². The van der Waals surface area contributed by atoms with E-state index >= 15 is 0 Å². The van der Waals surface area contributed by atoms with Crippen molar-refractivity contribution in [3.05, 3.63) is 72.9 Å². The summed E-state index contributed by atoms with van der Waals surface area (Å²) in [5, 5.41) is 19.7. The molecule has 0 bridgehead atoms. The number of nitrogens with zero attached hydrogens (tertiary/aromatic N) is 1. The fraction of sp³-hybridized carbons (Fsp3) is 0.111. The molecule has 3 rings (SSSR count). The first-order chi connectivity index (χ1) is 10.7. The number of aromatic nitrogens is 1. The van der Waals surface area contributed by atoms with Crippen molar-refractivity contribution in [2.24, 2.45) is 0 Å². The standard InChI is InChI=1S/C18H18BNO2/c1-2-3-7-17-13-14-12-15(19(21)22)10-11-18(14)20(17)16-8-5-4-6-9-16/h2,4-6,8-13,21-22H,1,3,7H2. The van der Waals surface area contributed by atoms with Crippen LogP contribution in [0.15, 0.2) is 67.3 Å². The van der Waals surface area contributed by atoms with Crippen LogP contribution in [-0.4, -0.2) is 21.7 Å². The number of para-hydroxylation sites is 1. The molecule has 1 heterocycles. The lowest BCUT2D eigenvalue weighted by Crippen LogP contribution is -2.29. The zero-order chi connectivity index (χ0) is 15.5. The van der Waals surface area contributed by atoms with E-state index in [2.05, 4.69) is 29.3 Å². The number of hydrogen-bond donors (Lipinski definition) is 2. The zero-order valence-corrected chi connectivity index (χ0v) is 12.3. The summed E-state index contributed by atoms with van der Waals surface area (Å²) >= 11 is 0. The Morgan fingerprint density at radius 2 is 1.82 bits per heavy atom.